The monoisotopic (exact) mass is 478 g/mol. The summed E-state index contributed by atoms with van der Waals surface area (Å²) in [7, 11) is 3.53. The highest BCUT2D eigenvalue weighted by Gasteiger charge is 2.33. The summed E-state index contributed by atoms with van der Waals surface area (Å²) in [4.78, 5) is 38.2. The highest BCUT2D eigenvalue weighted by atomic mass is 32.1. The van der Waals surface area contributed by atoms with E-state index < -0.39 is 0 Å². The van der Waals surface area contributed by atoms with Crippen molar-refractivity contribution in [1.29, 1.82) is 0 Å². The highest BCUT2D eigenvalue weighted by molar-refractivity contribution is 7.07. The minimum atomic E-state index is -0.0389. The Kier molecular flexibility index (Phi) is 7.90. The highest BCUT2D eigenvalue weighted by Crippen LogP contribution is 2.28. The van der Waals surface area contributed by atoms with E-state index in [2.05, 4.69) is 16.0 Å². The van der Waals surface area contributed by atoms with Crippen molar-refractivity contribution in [2.75, 3.05) is 27.2 Å². The fourth-order valence-electron chi connectivity index (χ4n) is 4.63. The molecular weight excluding hydrogens is 448 g/mol. The van der Waals surface area contributed by atoms with E-state index in [9.17, 15) is 9.59 Å². The van der Waals surface area contributed by atoms with E-state index in [0.717, 1.165) is 36.3 Å². The van der Waals surface area contributed by atoms with E-state index in [0.29, 0.717) is 25.1 Å². The van der Waals surface area contributed by atoms with Crippen molar-refractivity contribution in [3.63, 3.8) is 0 Å². The molecule has 8 heteroatoms. The standard InChI is InChI=1S/C26H30N4O3S/c1-29(26(32)21-6-4-10-27-16-21)24(14-19-5-3-7-23(13-19)33-2)20-8-11-30(12-9-20)25(31)15-22-17-34-18-28-22/h3-7,10,13,16-18,20,24H,8-9,11-12,14-15H2,1-2H3/t24-/m0/s1. The molecule has 3 aromatic rings. The first-order chi connectivity index (χ1) is 16.5. The minimum absolute atomic E-state index is 0.00407. The number of amides is 2. The van der Waals surface area contributed by atoms with Crippen LogP contribution < -0.4 is 4.74 Å². The van der Waals surface area contributed by atoms with Crippen LogP contribution >= 0.6 is 11.3 Å². The van der Waals surface area contributed by atoms with Crippen LogP contribution in [0.3, 0.4) is 0 Å². The molecule has 0 bridgehead atoms. The number of piperidine rings is 1. The lowest BCUT2D eigenvalue weighted by Gasteiger charge is -2.40. The summed E-state index contributed by atoms with van der Waals surface area (Å²) < 4.78 is 5.41. The number of rotatable bonds is 8. The van der Waals surface area contributed by atoms with Gasteiger partial charge in [-0.3, -0.25) is 14.6 Å². The van der Waals surface area contributed by atoms with E-state index in [1.807, 2.05) is 40.4 Å². The average Bonchev–Trinajstić information content (AvgIpc) is 3.40. The summed E-state index contributed by atoms with van der Waals surface area (Å²) in [6.45, 7) is 1.38. The molecule has 3 heterocycles. The van der Waals surface area contributed by atoms with E-state index >= 15 is 0 Å². The summed E-state index contributed by atoms with van der Waals surface area (Å²) >= 11 is 1.51. The quantitative estimate of drug-likeness (QED) is 0.493. The van der Waals surface area contributed by atoms with Crippen LogP contribution in [0, 0.1) is 5.92 Å². The van der Waals surface area contributed by atoms with Crippen LogP contribution in [0.2, 0.25) is 0 Å². The summed E-state index contributed by atoms with van der Waals surface area (Å²) in [5.74, 6) is 1.16. The van der Waals surface area contributed by atoms with Crippen LogP contribution in [0.4, 0.5) is 0 Å². The second kappa shape index (κ2) is 11.2. The van der Waals surface area contributed by atoms with Gasteiger partial charge in [-0.05, 0) is 55.0 Å². The molecule has 0 radical (unpaired) electrons. The molecule has 2 aromatic heterocycles. The van der Waals surface area contributed by atoms with Crippen LogP contribution in [-0.2, 0) is 17.6 Å². The largest absolute Gasteiger partial charge is 0.497 e. The zero-order chi connectivity index (χ0) is 23.9. The number of likely N-dealkylation sites (tertiary alicyclic amines) is 1. The Bertz CT molecular complexity index is 1080. The van der Waals surface area contributed by atoms with Crippen molar-refractivity contribution in [1.82, 2.24) is 19.8 Å². The van der Waals surface area contributed by atoms with Crippen LogP contribution in [0.5, 0.6) is 5.75 Å². The third-order valence-corrected chi connectivity index (χ3v) is 7.19. The third-order valence-electron chi connectivity index (χ3n) is 6.56. The second-order valence-corrected chi connectivity index (χ2v) is 9.37. The molecule has 0 spiro atoms. The summed E-state index contributed by atoms with van der Waals surface area (Å²) in [6.07, 6.45) is 6.05. The maximum Gasteiger partial charge on any atom is 0.255 e. The van der Waals surface area contributed by atoms with Gasteiger partial charge in [0.15, 0.2) is 0 Å². The Balaban J connectivity index is 1.48. The van der Waals surface area contributed by atoms with E-state index in [1.54, 1.807) is 37.1 Å². The van der Waals surface area contributed by atoms with Gasteiger partial charge in [0.25, 0.3) is 5.91 Å². The molecule has 4 rings (SSSR count). The second-order valence-electron chi connectivity index (χ2n) is 8.66. The van der Waals surface area contributed by atoms with Crippen molar-refractivity contribution in [2.24, 2.45) is 5.92 Å². The number of carbonyl (C=O) groups excluding carboxylic acids is 2. The Hall–Kier alpha value is -3.26. The van der Waals surface area contributed by atoms with Gasteiger partial charge in [0, 0.05) is 44.0 Å². The van der Waals surface area contributed by atoms with Gasteiger partial charge in [0.1, 0.15) is 5.75 Å². The summed E-state index contributed by atoms with van der Waals surface area (Å²) in [6, 6.07) is 11.6. The van der Waals surface area contributed by atoms with Crippen molar-refractivity contribution < 1.29 is 14.3 Å². The summed E-state index contributed by atoms with van der Waals surface area (Å²) in [5.41, 5.74) is 4.29. The molecule has 1 fully saturated rings. The van der Waals surface area contributed by atoms with Crippen LogP contribution in [0.1, 0.15) is 34.5 Å². The Labute approximate surface area is 204 Å². The fourth-order valence-corrected chi connectivity index (χ4v) is 5.19. The minimum Gasteiger partial charge on any atom is -0.497 e. The molecule has 0 N–H and O–H groups in total. The predicted molar refractivity (Wildman–Crippen MR) is 132 cm³/mol. The van der Waals surface area contributed by atoms with Gasteiger partial charge in [0.2, 0.25) is 5.91 Å². The van der Waals surface area contributed by atoms with E-state index in [1.165, 1.54) is 11.3 Å². The maximum absolute atomic E-state index is 13.3. The van der Waals surface area contributed by atoms with E-state index in [-0.39, 0.29) is 23.8 Å². The van der Waals surface area contributed by atoms with Gasteiger partial charge in [0.05, 0.1) is 30.3 Å². The zero-order valence-corrected chi connectivity index (χ0v) is 20.4. The van der Waals surface area contributed by atoms with Crippen molar-refractivity contribution in [2.45, 2.75) is 31.7 Å². The van der Waals surface area contributed by atoms with Gasteiger partial charge in [-0.15, -0.1) is 11.3 Å². The van der Waals surface area contributed by atoms with Crippen molar-refractivity contribution in [3.05, 3.63) is 76.5 Å². The number of ether oxygens (including phenoxy) is 1. The molecule has 7 nitrogen and oxygen atoms in total. The molecule has 1 aliphatic rings. The van der Waals surface area contributed by atoms with Gasteiger partial charge >= 0.3 is 0 Å². The summed E-state index contributed by atoms with van der Waals surface area (Å²) in [5, 5.41) is 1.92. The topological polar surface area (TPSA) is 75.6 Å². The SMILES string of the molecule is COc1cccc(C[C@@H](C2CCN(C(=O)Cc3cscn3)CC2)N(C)C(=O)c2cccnc2)c1. The Morgan fingerprint density at radius 3 is 2.74 bits per heavy atom. The van der Waals surface area contributed by atoms with Gasteiger partial charge in [-0.25, -0.2) is 4.98 Å². The number of carbonyl (C=O) groups is 2. The number of benzene rings is 1. The number of hydrogen-bond acceptors (Lipinski definition) is 6. The van der Waals surface area contributed by atoms with Crippen molar-refractivity contribution in [3.8, 4) is 5.75 Å². The van der Waals surface area contributed by atoms with Crippen LogP contribution in [0.25, 0.3) is 0 Å². The fraction of sp³-hybridized carbons (Fsp3) is 0.385. The molecule has 1 saturated heterocycles. The molecule has 2 amide bonds. The maximum atomic E-state index is 13.3. The normalized spacial score (nSPS) is 15.1. The van der Waals surface area contributed by atoms with Gasteiger partial charge in [-0.1, -0.05) is 12.1 Å². The first-order valence-corrected chi connectivity index (χ1v) is 12.4. The van der Waals surface area contributed by atoms with Crippen molar-refractivity contribution >= 4 is 23.2 Å². The molecule has 1 atom stereocenters. The molecule has 0 saturated carbocycles. The molecular formula is C26H30N4O3S. The number of pyridine rings is 1. The lowest BCUT2D eigenvalue weighted by Crippen LogP contribution is -2.48. The molecule has 0 aliphatic carbocycles. The van der Waals surface area contributed by atoms with Gasteiger partial charge < -0.3 is 14.5 Å². The number of methoxy groups -OCH3 is 1. The van der Waals surface area contributed by atoms with Crippen LogP contribution in [-0.4, -0.2) is 64.9 Å². The number of thiazole rings is 1. The zero-order valence-electron chi connectivity index (χ0n) is 19.6. The first-order valence-electron chi connectivity index (χ1n) is 11.5. The molecule has 1 aliphatic heterocycles. The lowest BCUT2D eigenvalue weighted by atomic mass is 9.84. The van der Waals surface area contributed by atoms with E-state index in [4.69, 9.17) is 4.74 Å². The lowest BCUT2D eigenvalue weighted by molar-refractivity contribution is -0.132. The predicted octanol–water partition coefficient (Wildman–Crippen LogP) is 3.71. The first kappa shape index (κ1) is 23.9. The Morgan fingerprint density at radius 2 is 2.06 bits per heavy atom. The Morgan fingerprint density at radius 1 is 1.24 bits per heavy atom. The van der Waals surface area contributed by atoms with Crippen LogP contribution in [0.15, 0.2) is 59.7 Å². The molecule has 1 aromatic carbocycles. The van der Waals surface area contributed by atoms with Gasteiger partial charge in [-0.2, -0.15) is 0 Å². The number of aromatic nitrogens is 2. The smallest absolute Gasteiger partial charge is 0.255 e. The number of hydrogen-bond donors (Lipinski definition) is 0. The molecule has 34 heavy (non-hydrogen) atoms. The number of likely N-dealkylation sites (N-methyl/N-ethyl adjacent to an activating group) is 1. The molecule has 0 unspecified atom stereocenters. The average molecular weight is 479 g/mol. The molecule has 178 valence electrons. The number of nitrogens with zero attached hydrogens (tertiary/aromatic N) is 4. The third kappa shape index (κ3) is 5.80.